The molecule has 0 aliphatic carbocycles. The number of hydrogen-bond donors (Lipinski definition) is 1. The molecule has 0 fully saturated rings. The molecule has 4 nitrogen and oxygen atoms in total. The van der Waals surface area contributed by atoms with E-state index in [2.05, 4.69) is 9.97 Å². The molecule has 2 aromatic rings. The topological polar surface area (TPSA) is 55.2 Å². The number of aromatic hydroxyl groups is 1. The number of benzene rings is 1. The van der Waals surface area contributed by atoms with Crippen LogP contribution in [0.15, 0.2) is 24.5 Å². The summed E-state index contributed by atoms with van der Waals surface area (Å²) in [4.78, 5) is 7.96. The van der Waals surface area contributed by atoms with E-state index in [9.17, 15) is 9.50 Å². The number of halogens is 2. The van der Waals surface area contributed by atoms with Gasteiger partial charge in [0.05, 0.1) is 12.1 Å². The number of nitrogens with zero attached hydrogens (tertiary/aromatic N) is 2. The third-order valence-electron chi connectivity index (χ3n) is 2.15. The van der Waals surface area contributed by atoms with E-state index in [1.54, 1.807) is 0 Å². The van der Waals surface area contributed by atoms with Gasteiger partial charge in [0.2, 0.25) is 5.88 Å². The molecule has 0 unspecified atom stereocenters. The van der Waals surface area contributed by atoms with Crippen molar-refractivity contribution in [3.63, 3.8) is 0 Å². The smallest absolute Gasteiger partial charge is 0.240 e. The van der Waals surface area contributed by atoms with Crippen LogP contribution in [-0.4, -0.2) is 22.2 Å². The van der Waals surface area contributed by atoms with Crippen LogP contribution in [0, 0.1) is 5.82 Å². The second kappa shape index (κ2) is 4.55. The molecule has 1 aromatic heterocycles. The van der Waals surface area contributed by atoms with Crippen LogP contribution in [-0.2, 0) is 0 Å². The van der Waals surface area contributed by atoms with E-state index in [1.165, 1.54) is 25.6 Å². The number of rotatable bonds is 2. The van der Waals surface area contributed by atoms with E-state index < -0.39 is 5.82 Å². The van der Waals surface area contributed by atoms with Gasteiger partial charge in [-0.25, -0.2) is 14.4 Å². The van der Waals surface area contributed by atoms with Gasteiger partial charge in [-0.15, -0.1) is 0 Å². The predicted molar refractivity (Wildman–Crippen MR) is 60.7 cm³/mol. The minimum atomic E-state index is -0.698. The highest BCUT2D eigenvalue weighted by atomic mass is 35.5. The van der Waals surface area contributed by atoms with Crippen LogP contribution in [0.1, 0.15) is 0 Å². The fourth-order valence-corrected chi connectivity index (χ4v) is 1.55. The molecule has 1 heterocycles. The fourth-order valence-electron chi connectivity index (χ4n) is 1.39. The van der Waals surface area contributed by atoms with E-state index in [0.29, 0.717) is 5.69 Å². The van der Waals surface area contributed by atoms with Crippen molar-refractivity contribution in [1.82, 2.24) is 9.97 Å². The lowest BCUT2D eigenvalue weighted by Gasteiger charge is -2.08. The number of hydrogen-bond acceptors (Lipinski definition) is 4. The first-order valence-electron chi connectivity index (χ1n) is 4.67. The molecule has 0 bridgehead atoms. The van der Waals surface area contributed by atoms with Gasteiger partial charge in [-0.05, 0) is 6.07 Å². The van der Waals surface area contributed by atoms with Crippen molar-refractivity contribution in [2.24, 2.45) is 0 Å². The Bertz CT molecular complexity index is 563. The summed E-state index contributed by atoms with van der Waals surface area (Å²) in [6.45, 7) is 0. The van der Waals surface area contributed by atoms with Crippen LogP contribution in [0.5, 0.6) is 11.6 Å². The Labute approximate surface area is 102 Å². The zero-order valence-electron chi connectivity index (χ0n) is 8.82. The zero-order valence-corrected chi connectivity index (χ0v) is 9.57. The van der Waals surface area contributed by atoms with Gasteiger partial charge in [-0.3, -0.25) is 0 Å². The first-order valence-corrected chi connectivity index (χ1v) is 5.04. The average molecular weight is 255 g/mol. The molecule has 0 atom stereocenters. The minimum Gasteiger partial charge on any atom is -0.507 e. The van der Waals surface area contributed by atoms with Crippen LogP contribution in [0.4, 0.5) is 4.39 Å². The number of aromatic nitrogens is 2. The maximum absolute atomic E-state index is 13.1. The largest absolute Gasteiger partial charge is 0.507 e. The van der Waals surface area contributed by atoms with Gasteiger partial charge in [0.25, 0.3) is 0 Å². The maximum atomic E-state index is 13.1. The van der Waals surface area contributed by atoms with Crippen molar-refractivity contribution < 1.29 is 14.2 Å². The third-order valence-corrected chi connectivity index (χ3v) is 2.44. The SMILES string of the molecule is COc1nccnc1-c1cc(Cl)c(F)cc1O. The van der Waals surface area contributed by atoms with Crippen LogP contribution in [0.2, 0.25) is 5.02 Å². The summed E-state index contributed by atoms with van der Waals surface area (Å²) in [6, 6.07) is 2.20. The van der Waals surface area contributed by atoms with Crippen LogP contribution >= 0.6 is 11.6 Å². The Morgan fingerprint density at radius 2 is 2.00 bits per heavy atom. The lowest BCUT2D eigenvalue weighted by molar-refractivity contribution is 0.397. The predicted octanol–water partition coefficient (Wildman–Crippen LogP) is 2.65. The molecule has 0 amide bonds. The minimum absolute atomic E-state index is 0.106. The second-order valence-corrected chi connectivity index (χ2v) is 3.60. The normalized spacial score (nSPS) is 10.3. The van der Waals surface area contributed by atoms with Crippen molar-refractivity contribution in [2.75, 3.05) is 7.11 Å². The Morgan fingerprint density at radius 3 is 2.71 bits per heavy atom. The van der Waals surface area contributed by atoms with Crippen molar-refractivity contribution >= 4 is 11.6 Å². The highest BCUT2D eigenvalue weighted by Gasteiger charge is 2.15. The average Bonchev–Trinajstić information content (AvgIpc) is 2.34. The molecular formula is C11H8ClFN2O2. The highest BCUT2D eigenvalue weighted by molar-refractivity contribution is 6.31. The van der Waals surface area contributed by atoms with Crippen molar-refractivity contribution in [3.8, 4) is 22.9 Å². The molecule has 1 N–H and O–H groups in total. The van der Waals surface area contributed by atoms with E-state index in [0.717, 1.165) is 6.07 Å². The van der Waals surface area contributed by atoms with Gasteiger partial charge in [-0.2, -0.15) is 0 Å². The lowest BCUT2D eigenvalue weighted by Crippen LogP contribution is -1.94. The van der Waals surface area contributed by atoms with E-state index >= 15 is 0 Å². The van der Waals surface area contributed by atoms with E-state index in [1.807, 2.05) is 0 Å². The Balaban J connectivity index is 2.64. The highest BCUT2D eigenvalue weighted by Crippen LogP contribution is 2.35. The van der Waals surface area contributed by atoms with Crippen LogP contribution < -0.4 is 4.74 Å². The van der Waals surface area contributed by atoms with Gasteiger partial charge in [-0.1, -0.05) is 11.6 Å². The summed E-state index contributed by atoms with van der Waals surface area (Å²) in [7, 11) is 1.43. The molecule has 0 aliphatic heterocycles. The third kappa shape index (κ3) is 2.14. The summed E-state index contributed by atoms with van der Waals surface area (Å²) >= 11 is 5.66. The summed E-state index contributed by atoms with van der Waals surface area (Å²) in [5, 5.41) is 9.56. The maximum Gasteiger partial charge on any atom is 0.240 e. The molecule has 0 aliphatic rings. The summed E-state index contributed by atoms with van der Waals surface area (Å²) in [5.74, 6) is -0.744. The summed E-state index contributed by atoms with van der Waals surface area (Å²) in [6.07, 6.45) is 2.89. The molecule has 0 radical (unpaired) electrons. The quantitative estimate of drug-likeness (QED) is 0.895. The zero-order chi connectivity index (χ0) is 12.4. The number of phenols is 1. The first-order chi connectivity index (χ1) is 8.13. The molecular weight excluding hydrogens is 247 g/mol. The Kier molecular flexibility index (Phi) is 3.10. The molecule has 6 heteroatoms. The van der Waals surface area contributed by atoms with E-state index in [-0.39, 0.29) is 22.2 Å². The number of phenolic OH excluding ortho intramolecular Hbond substituents is 1. The standard InChI is InChI=1S/C11H8ClFN2O2/c1-17-11-10(14-2-3-15-11)6-4-7(12)8(13)5-9(6)16/h2-5,16H,1H3. The Morgan fingerprint density at radius 1 is 1.29 bits per heavy atom. The van der Waals surface area contributed by atoms with Crippen molar-refractivity contribution in [1.29, 1.82) is 0 Å². The van der Waals surface area contributed by atoms with Crippen LogP contribution in [0.3, 0.4) is 0 Å². The van der Waals surface area contributed by atoms with Crippen LogP contribution in [0.25, 0.3) is 11.3 Å². The Hall–Kier alpha value is -1.88. The molecule has 1 aromatic carbocycles. The van der Waals surface area contributed by atoms with Crippen molar-refractivity contribution in [3.05, 3.63) is 35.4 Å². The summed E-state index contributed by atoms with van der Waals surface area (Å²) in [5.41, 5.74) is 0.566. The summed E-state index contributed by atoms with van der Waals surface area (Å²) < 4.78 is 18.1. The number of methoxy groups -OCH3 is 1. The molecule has 0 spiro atoms. The van der Waals surface area contributed by atoms with Gasteiger partial charge in [0, 0.05) is 24.0 Å². The molecule has 17 heavy (non-hydrogen) atoms. The molecule has 2 rings (SSSR count). The first kappa shape index (κ1) is 11.6. The van der Waals surface area contributed by atoms with Crippen molar-refractivity contribution in [2.45, 2.75) is 0 Å². The van der Waals surface area contributed by atoms with Gasteiger partial charge >= 0.3 is 0 Å². The lowest BCUT2D eigenvalue weighted by atomic mass is 10.1. The monoisotopic (exact) mass is 254 g/mol. The number of ether oxygens (including phenoxy) is 1. The second-order valence-electron chi connectivity index (χ2n) is 3.20. The molecule has 0 saturated carbocycles. The molecule has 88 valence electrons. The van der Waals surface area contributed by atoms with Gasteiger partial charge in [0.15, 0.2) is 0 Å². The van der Waals surface area contributed by atoms with Gasteiger partial charge < -0.3 is 9.84 Å². The molecule has 0 saturated heterocycles. The van der Waals surface area contributed by atoms with E-state index in [4.69, 9.17) is 16.3 Å². The van der Waals surface area contributed by atoms with Gasteiger partial charge in [0.1, 0.15) is 17.3 Å². The fraction of sp³-hybridized carbons (Fsp3) is 0.0909.